The van der Waals surface area contributed by atoms with E-state index < -0.39 is 11.7 Å². The van der Waals surface area contributed by atoms with Crippen molar-refractivity contribution >= 4 is 17.9 Å². The van der Waals surface area contributed by atoms with E-state index in [0.717, 1.165) is 5.69 Å². The van der Waals surface area contributed by atoms with Gasteiger partial charge in [-0.15, -0.1) is 0 Å². The van der Waals surface area contributed by atoms with Crippen LogP contribution in [0.5, 0.6) is 0 Å². The zero-order chi connectivity index (χ0) is 15.9. The van der Waals surface area contributed by atoms with Crippen molar-refractivity contribution in [2.75, 3.05) is 18.4 Å². The molecule has 0 spiro atoms. The summed E-state index contributed by atoms with van der Waals surface area (Å²) in [6.45, 7) is 7.77. The molecule has 0 aliphatic heterocycles. The van der Waals surface area contributed by atoms with Crippen LogP contribution in [-0.2, 0) is 4.74 Å². The Kier molecular flexibility index (Phi) is 5.95. The molecular weight excluding hydrogens is 272 g/mol. The molecule has 0 bridgehead atoms. The van der Waals surface area contributed by atoms with Gasteiger partial charge in [-0.2, -0.15) is 0 Å². The minimum Gasteiger partial charge on any atom is -0.444 e. The van der Waals surface area contributed by atoms with E-state index in [2.05, 4.69) is 20.9 Å². The van der Waals surface area contributed by atoms with Gasteiger partial charge < -0.3 is 15.4 Å². The number of aryl methyl sites for hydroxylation is 1. The second-order valence-corrected chi connectivity index (χ2v) is 5.47. The van der Waals surface area contributed by atoms with Crippen molar-refractivity contribution in [2.24, 2.45) is 0 Å². The Morgan fingerprint density at radius 1 is 1.19 bits per heavy atom. The number of anilines is 1. The molecule has 1 rings (SSSR count). The molecule has 0 aliphatic carbocycles. The number of nitrogens with zero attached hydrogens (tertiary/aromatic N) is 1. The monoisotopic (exact) mass is 294 g/mol. The summed E-state index contributed by atoms with van der Waals surface area (Å²) in [5.74, 6) is 0.479. The van der Waals surface area contributed by atoms with E-state index in [0.29, 0.717) is 5.82 Å². The zero-order valence-electron chi connectivity index (χ0n) is 12.8. The first-order chi connectivity index (χ1) is 9.76. The van der Waals surface area contributed by atoms with Gasteiger partial charge in [-0.05, 0) is 39.8 Å². The number of amides is 3. The summed E-state index contributed by atoms with van der Waals surface area (Å²) in [5.41, 5.74) is 0.283. The number of ether oxygens (including phenoxy) is 1. The van der Waals surface area contributed by atoms with Crippen molar-refractivity contribution in [3.05, 3.63) is 23.9 Å². The number of pyridine rings is 1. The Labute approximate surface area is 124 Å². The molecule has 116 valence electrons. The van der Waals surface area contributed by atoms with Gasteiger partial charge in [0, 0.05) is 18.8 Å². The van der Waals surface area contributed by atoms with Crippen LogP contribution in [0.2, 0.25) is 0 Å². The van der Waals surface area contributed by atoms with Crippen molar-refractivity contribution in [3.63, 3.8) is 0 Å². The maximum atomic E-state index is 11.6. The Bertz CT molecular complexity index is 497. The summed E-state index contributed by atoms with van der Waals surface area (Å²) in [5, 5.41) is 7.76. The van der Waals surface area contributed by atoms with Gasteiger partial charge in [-0.1, -0.05) is 6.07 Å². The number of carbonyl (C=O) groups excluding carboxylic acids is 2. The van der Waals surface area contributed by atoms with Gasteiger partial charge in [0.25, 0.3) is 0 Å². The normalized spacial score (nSPS) is 10.7. The SMILES string of the molecule is Cc1cccc(NC(=O)NCCNC(=O)OC(C)(C)C)n1. The molecule has 1 aromatic heterocycles. The predicted octanol–water partition coefficient (Wildman–Crippen LogP) is 2.04. The topological polar surface area (TPSA) is 92.4 Å². The molecule has 3 N–H and O–H groups in total. The lowest BCUT2D eigenvalue weighted by atomic mass is 10.2. The molecule has 7 heteroatoms. The Balaban J connectivity index is 2.21. The van der Waals surface area contributed by atoms with Crippen molar-refractivity contribution in [1.82, 2.24) is 15.6 Å². The zero-order valence-corrected chi connectivity index (χ0v) is 12.8. The van der Waals surface area contributed by atoms with Crippen LogP contribution in [0.25, 0.3) is 0 Å². The maximum absolute atomic E-state index is 11.6. The lowest BCUT2D eigenvalue weighted by Crippen LogP contribution is -2.39. The third-order valence-corrected chi connectivity index (χ3v) is 2.21. The molecule has 0 atom stereocenters. The number of nitrogens with one attached hydrogen (secondary N) is 3. The van der Waals surface area contributed by atoms with E-state index >= 15 is 0 Å². The summed E-state index contributed by atoms with van der Waals surface area (Å²) in [6.07, 6.45) is -0.509. The molecule has 0 aliphatic rings. The van der Waals surface area contributed by atoms with Crippen LogP contribution in [0.1, 0.15) is 26.5 Å². The summed E-state index contributed by atoms with van der Waals surface area (Å²) in [6, 6.07) is 4.97. The number of hydrogen-bond donors (Lipinski definition) is 3. The molecule has 0 aromatic carbocycles. The van der Waals surface area contributed by atoms with E-state index in [1.807, 2.05) is 19.1 Å². The van der Waals surface area contributed by atoms with Crippen LogP contribution >= 0.6 is 0 Å². The van der Waals surface area contributed by atoms with Gasteiger partial charge in [0.15, 0.2) is 0 Å². The van der Waals surface area contributed by atoms with Crippen LogP contribution in [-0.4, -0.2) is 35.8 Å². The second-order valence-electron chi connectivity index (χ2n) is 5.47. The molecule has 0 radical (unpaired) electrons. The molecule has 3 amide bonds. The smallest absolute Gasteiger partial charge is 0.407 e. The minimum atomic E-state index is -0.536. The highest BCUT2D eigenvalue weighted by atomic mass is 16.6. The second kappa shape index (κ2) is 7.47. The van der Waals surface area contributed by atoms with Crippen LogP contribution in [0.3, 0.4) is 0 Å². The molecule has 1 aromatic rings. The highest BCUT2D eigenvalue weighted by Crippen LogP contribution is 2.06. The number of alkyl carbamates (subject to hydrolysis) is 1. The van der Waals surface area contributed by atoms with Crippen LogP contribution < -0.4 is 16.0 Å². The molecular formula is C14H22N4O3. The molecule has 7 nitrogen and oxygen atoms in total. The number of aromatic nitrogens is 1. The number of hydrogen-bond acceptors (Lipinski definition) is 4. The standard InChI is InChI=1S/C14H22N4O3/c1-10-6-5-7-11(17-10)18-12(19)15-8-9-16-13(20)21-14(2,3)4/h5-7H,8-9H2,1-4H3,(H,16,20)(H2,15,17,18,19). The predicted molar refractivity (Wildman–Crippen MR) is 80.2 cm³/mol. The first kappa shape index (κ1) is 16.7. The molecule has 0 fully saturated rings. The average molecular weight is 294 g/mol. The van der Waals surface area contributed by atoms with Gasteiger partial charge in [0.1, 0.15) is 11.4 Å². The lowest BCUT2D eigenvalue weighted by Gasteiger charge is -2.19. The average Bonchev–Trinajstić information content (AvgIpc) is 2.32. The van der Waals surface area contributed by atoms with E-state index in [1.165, 1.54) is 0 Å². The quantitative estimate of drug-likeness (QED) is 0.741. The molecule has 0 saturated heterocycles. The molecule has 0 saturated carbocycles. The minimum absolute atomic E-state index is 0.281. The van der Waals surface area contributed by atoms with Crippen molar-refractivity contribution < 1.29 is 14.3 Å². The first-order valence-corrected chi connectivity index (χ1v) is 6.71. The fraction of sp³-hybridized carbons (Fsp3) is 0.500. The van der Waals surface area contributed by atoms with Gasteiger partial charge in [0.2, 0.25) is 0 Å². The summed E-state index contributed by atoms with van der Waals surface area (Å²) < 4.78 is 5.07. The summed E-state index contributed by atoms with van der Waals surface area (Å²) in [4.78, 5) is 27.1. The molecule has 21 heavy (non-hydrogen) atoms. The number of urea groups is 1. The van der Waals surface area contributed by atoms with Gasteiger partial charge >= 0.3 is 12.1 Å². The van der Waals surface area contributed by atoms with Gasteiger partial charge in [0.05, 0.1) is 0 Å². The molecule has 1 heterocycles. The Morgan fingerprint density at radius 2 is 1.86 bits per heavy atom. The highest BCUT2D eigenvalue weighted by molar-refractivity contribution is 5.88. The van der Waals surface area contributed by atoms with E-state index in [1.54, 1.807) is 26.8 Å². The number of carbonyl (C=O) groups is 2. The van der Waals surface area contributed by atoms with E-state index in [-0.39, 0.29) is 19.1 Å². The number of rotatable bonds is 4. The van der Waals surface area contributed by atoms with Crippen LogP contribution in [0.15, 0.2) is 18.2 Å². The third-order valence-electron chi connectivity index (χ3n) is 2.21. The van der Waals surface area contributed by atoms with E-state index in [4.69, 9.17) is 4.74 Å². The van der Waals surface area contributed by atoms with Gasteiger partial charge in [-0.25, -0.2) is 14.6 Å². The molecule has 0 unspecified atom stereocenters. The first-order valence-electron chi connectivity index (χ1n) is 6.71. The fourth-order valence-electron chi connectivity index (χ4n) is 1.43. The Morgan fingerprint density at radius 3 is 2.48 bits per heavy atom. The van der Waals surface area contributed by atoms with Crippen molar-refractivity contribution in [3.8, 4) is 0 Å². The van der Waals surface area contributed by atoms with Crippen molar-refractivity contribution in [1.29, 1.82) is 0 Å². The van der Waals surface area contributed by atoms with Gasteiger partial charge in [-0.3, -0.25) is 5.32 Å². The summed E-state index contributed by atoms with van der Waals surface area (Å²) in [7, 11) is 0. The van der Waals surface area contributed by atoms with Crippen LogP contribution in [0, 0.1) is 6.92 Å². The van der Waals surface area contributed by atoms with Crippen molar-refractivity contribution in [2.45, 2.75) is 33.3 Å². The lowest BCUT2D eigenvalue weighted by molar-refractivity contribution is 0.0528. The van der Waals surface area contributed by atoms with Crippen LogP contribution in [0.4, 0.5) is 15.4 Å². The Hall–Kier alpha value is -2.31. The summed E-state index contributed by atoms with van der Waals surface area (Å²) >= 11 is 0. The van der Waals surface area contributed by atoms with E-state index in [9.17, 15) is 9.59 Å². The largest absolute Gasteiger partial charge is 0.444 e. The third kappa shape index (κ3) is 7.76. The highest BCUT2D eigenvalue weighted by Gasteiger charge is 2.15. The maximum Gasteiger partial charge on any atom is 0.407 e. The fourth-order valence-corrected chi connectivity index (χ4v) is 1.43.